The number of hydrogen-bond donors (Lipinski definition) is 1. The molecule has 13 heteroatoms. The number of benzene rings is 2. The molecule has 4 rings (SSSR count). The van der Waals surface area contributed by atoms with Crippen molar-refractivity contribution in [3.63, 3.8) is 0 Å². The van der Waals surface area contributed by atoms with Crippen molar-refractivity contribution >= 4 is 40.8 Å². The van der Waals surface area contributed by atoms with E-state index in [0.29, 0.717) is 28.5 Å². The number of non-ortho nitro benzene ring substituents is 1. The lowest BCUT2D eigenvalue weighted by Gasteiger charge is -2.15. The van der Waals surface area contributed by atoms with Gasteiger partial charge in [0.25, 0.3) is 11.2 Å². The highest BCUT2D eigenvalue weighted by atomic mass is 32.2. The van der Waals surface area contributed by atoms with Gasteiger partial charge in [0, 0.05) is 30.0 Å². The number of amides is 1. The van der Waals surface area contributed by atoms with Crippen LogP contribution in [0.4, 0.5) is 24.5 Å². The summed E-state index contributed by atoms with van der Waals surface area (Å²) in [6.07, 6.45) is -4.04. The van der Waals surface area contributed by atoms with E-state index in [2.05, 4.69) is 10.3 Å². The van der Waals surface area contributed by atoms with E-state index in [1.807, 2.05) is 0 Å². The molecule has 0 saturated heterocycles. The molecule has 0 unspecified atom stereocenters. The third-order valence-electron chi connectivity index (χ3n) is 4.79. The second-order valence-electron chi connectivity index (χ2n) is 7.10. The van der Waals surface area contributed by atoms with Crippen molar-refractivity contribution in [2.75, 3.05) is 16.8 Å². The Labute approximate surface area is 198 Å². The molecule has 34 heavy (non-hydrogen) atoms. The second kappa shape index (κ2) is 9.50. The number of nitrogens with zero attached hydrogens (tertiary/aromatic N) is 3. The van der Waals surface area contributed by atoms with Crippen LogP contribution in [0.5, 0.6) is 0 Å². The molecule has 0 aliphatic carbocycles. The summed E-state index contributed by atoms with van der Waals surface area (Å²) >= 11 is 2.21. The number of nitro benzene ring substituents is 1. The van der Waals surface area contributed by atoms with E-state index >= 15 is 0 Å². The lowest BCUT2D eigenvalue weighted by Crippen LogP contribution is -2.25. The maximum Gasteiger partial charge on any atom is 0.416 e. The monoisotopic (exact) mass is 508 g/mol. The summed E-state index contributed by atoms with van der Waals surface area (Å²) in [6, 6.07) is 9.62. The molecule has 3 aromatic rings. The van der Waals surface area contributed by atoms with Crippen LogP contribution in [-0.2, 0) is 17.4 Å². The summed E-state index contributed by atoms with van der Waals surface area (Å²) in [5, 5.41) is 13.4. The second-order valence-corrected chi connectivity index (χ2v) is 9.15. The predicted molar refractivity (Wildman–Crippen MR) is 122 cm³/mol. The third-order valence-corrected chi connectivity index (χ3v) is 6.84. The van der Waals surface area contributed by atoms with Gasteiger partial charge in [-0.2, -0.15) is 13.2 Å². The number of anilines is 1. The Morgan fingerprint density at radius 1 is 1.24 bits per heavy atom. The van der Waals surface area contributed by atoms with Crippen LogP contribution in [0.2, 0.25) is 0 Å². The number of rotatable bonds is 6. The van der Waals surface area contributed by atoms with Crippen molar-refractivity contribution in [1.82, 2.24) is 9.55 Å². The summed E-state index contributed by atoms with van der Waals surface area (Å²) in [4.78, 5) is 40.6. The van der Waals surface area contributed by atoms with Gasteiger partial charge < -0.3 is 5.32 Å². The molecule has 1 amide bonds. The van der Waals surface area contributed by atoms with Gasteiger partial charge in [0.2, 0.25) is 5.91 Å². The van der Waals surface area contributed by atoms with Gasteiger partial charge in [0.15, 0.2) is 5.16 Å². The van der Waals surface area contributed by atoms with E-state index in [1.165, 1.54) is 48.2 Å². The number of nitrogens with one attached hydrogen (secondary N) is 1. The topological polar surface area (TPSA) is 107 Å². The van der Waals surface area contributed by atoms with Crippen LogP contribution in [-0.4, -0.2) is 31.9 Å². The first kappa shape index (κ1) is 23.8. The van der Waals surface area contributed by atoms with Crippen LogP contribution in [0.3, 0.4) is 0 Å². The van der Waals surface area contributed by atoms with Crippen molar-refractivity contribution in [3.05, 3.63) is 80.3 Å². The zero-order valence-electron chi connectivity index (χ0n) is 17.2. The first-order valence-electron chi connectivity index (χ1n) is 9.77. The largest absolute Gasteiger partial charge is 0.416 e. The van der Waals surface area contributed by atoms with Gasteiger partial charge in [0.1, 0.15) is 0 Å². The number of alkyl halides is 3. The molecular weight excluding hydrogens is 493 g/mol. The highest BCUT2D eigenvalue weighted by Gasteiger charge is 2.31. The fourth-order valence-corrected chi connectivity index (χ4v) is 5.08. The minimum atomic E-state index is -4.59. The minimum absolute atomic E-state index is 0.000835. The van der Waals surface area contributed by atoms with E-state index in [4.69, 9.17) is 0 Å². The quantitative estimate of drug-likeness (QED) is 0.225. The van der Waals surface area contributed by atoms with Crippen molar-refractivity contribution in [2.24, 2.45) is 0 Å². The number of carbonyl (C=O) groups excluding carboxylic acids is 1. The number of halogens is 3. The molecule has 176 valence electrons. The summed E-state index contributed by atoms with van der Waals surface area (Å²) in [5.74, 6) is -0.0259. The molecule has 0 radical (unpaired) electrons. The smallest absolute Gasteiger partial charge is 0.325 e. The lowest BCUT2D eigenvalue weighted by molar-refractivity contribution is -0.384. The molecule has 1 N–H and O–H groups in total. The van der Waals surface area contributed by atoms with Crippen molar-refractivity contribution in [1.29, 1.82) is 0 Å². The predicted octanol–water partition coefficient (Wildman–Crippen LogP) is 4.54. The average molecular weight is 509 g/mol. The summed E-state index contributed by atoms with van der Waals surface area (Å²) in [5.41, 5.74) is -0.623. The van der Waals surface area contributed by atoms with Crippen LogP contribution < -0.4 is 10.9 Å². The van der Waals surface area contributed by atoms with E-state index in [9.17, 15) is 32.9 Å². The highest BCUT2D eigenvalue weighted by molar-refractivity contribution is 8.00. The van der Waals surface area contributed by atoms with Crippen molar-refractivity contribution in [3.8, 4) is 5.69 Å². The standard InChI is InChI=1S/C21H15F3N4O4S2/c22-21(23,24)12-2-1-3-15(10-12)27-19(30)18-16(8-9-33-18)26-20(27)34-11-17(29)25-13-4-6-14(7-5-13)28(31)32/h1-7,10H,8-9,11H2,(H,25,29). The van der Waals surface area contributed by atoms with Crippen LogP contribution in [0.1, 0.15) is 11.3 Å². The lowest BCUT2D eigenvalue weighted by atomic mass is 10.2. The van der Waals surface area contributed by atoms with Crippen molar-refractivity contribution in [2.45, 2.75) is 22.6 Å². The van der Waals surface area contributed by atoms with Crippen LogP contribution in [0.25, 0.3) is 5.69 Å². The molecule has 2 aromatic carbocycles. The summed E-state index contributed by atoms with van der Waals surface area (Å²) in [7, 11) is 0. The van der Waals surface area contributed by atoms with Crippen LogP contribution in [0, 0.1) is 10.1 Å². The average Bonchev–Trinajstić information content (AvgIpc) is 3.27. The SMILES string of the molecule is O=C(CSc1nc2c(c(=O)n1-c1cccc(C(F)(F)F)c1)SCC2)Nc1ccc([N+](=O)[O-])cc1. The molecule has 0 spiro atoms. The molecule has 0 saturated carbocycles. The molecule has 1 aromatic heterocycles. The van der Waals surface area contributed by atoms with E-state index in [-0.39, 0.29) is 22.3 Å². The Morgan fingerprint density at radius 3 is 2.65 bits per heavy atom. The number of thioether (sulfide) groups is 2. The molecule has 2 heterocycles. The number of carbonyl (C=O) groups is 1. The zero-order chi connectivity index (χ0) is 24.5. The number of fused-ring (bicyclic) bond motifs is 1. The number of nitro groups is 1. The molecule has 8 nitrogen and oxygen atoms in total. The maximum absolute atomic E-state index is 13.2. The Kier molecular flexibility index (Phi) is 6.66. The first-order valence-corrected chi connectivity index (χ1v) is 11.7. The van der Waals surface area contributed by atoms with Gasteiger partial charge in [-0.25, -0.2) is 4.98 Å². The van der Waals surface area contributed by atoms with Gasteiger partial charge in [-0.15, -0.1) is 11.8 Å². The summed E-state index contributed by atoms with van der Waals surface area (Å²) < 4.78 is 40.8. The van der Waals surface area contributed by atoms with Crippen LogP contribution >= 0.6 is 23.5 Å². The number of aryl methyl sites for hydroxylation is 1. The first-order chi connectivity index (χ1) is 16.1. The third kappa shape index (κ3) is 5.09. The molecular formula is C21H15F3N4O4S2. The Balaban J connectivity index is 1.61. The molecule has 1 aliphatic heterocycles. The van der Waals surface area contributed by atoms with Gasteiger partial charge in [-0.1, -0.05) is 17.8 Å². The zero-order valence-corrected chi connectivity index (χ0v) is 18.8. The van der Waals surface area contributed by atoms with Gasteiger partial charge in [-0.3, -0.25) is 24.3 Å². The van der Waals surface area contributed by atoms with Crippen molar-refractivity contribution < 1.29 is 22.9 Å². The molecule has 1 aliphatic rings. The fourth-order valence-electron chi connectivity index (χ4n) is 3.23. The van der Waals surface area contributed by atoms with Gasteiger partial charge >= 0.3 is 6.18 Å². The molecule has 0 fully saturated rings. The Hall–Kier alpha value is -3.32. The fraction of sp³-hybridized carbons (Fsp3) is 0.190. The molecule has 0 atom stereocenters. The normalized spacial score (nSPS) is 12.9. The minimum Gasteiger partial charge on any atom is -0.325 e. The number of aromatic nitrogens is 2. The summed E-state index contributed by atoms with van der Waals surface area (Å²) in [6.45, 7) is 0. The van der Waals surface area contributed by atoms with Crippen LogP contribution in [0.15, 0.2) is 63.4 Å². The number of hydrogen-bond acceptors (Lipinski definition) is 7. The van der Waals surface area contributed by atoms with Gasteiger partial charge in [-0.05, 0) is 30.3 Å². The van der Waals surface area contributed by atoms with E-state index < -0.39 is 28.1 Å². The van der Waals surface area contributed by atoms with E-state index in [0.717, 1.165) is 28.5 Å². The Bertz CT molecular complexity index is 1330. The van der Waals surface area contributed by atoms with Gasteiger partial charge in [0.05, 0.1) is 32.5 Å². The Morgan fingerprint density at radius 2 is 1.97 bits per heavy atom. The maximum atomic E-state index is 13.2. The molecule has 0 bridgehead atoms. The highest BCUT2D eigenvalue weighted by Crippen LogP contribution is 2.33. The van der Waals surface area contributed by atoms with E-state index in [1.54, 1.807) is 0 Å².